The molecular weight excluding hydrogens is 277 g/mol. The number of rotatable bonds is 5. The third kappa shape index (κ3) is 5.29. The van der Waals surface area contributed by atoms with Gasteiger partial charge in [0, 0.05) is 24.2 Å². The third-order valence-corrected chi connectivity index (χ3v) is 2.55. The Kier molecular flexibility index (Phi) is 5.12. The Morgan fingerprint density at radius 3 is 2.48 bits per heavy atom. The molecule has 5 N–H and O–H groups in total. The molecule has 1 rings (SSSR count). The maximum absolute atomic E-state index is 13.7. The van der Waals surface area contributed by atoms with Crippen LogP contribution in [0.25, 0.3) is 0 Å². The SMILES string of the molecule is CC(C)(C)NC(=O)CCNc1cc(C(=O)O)c(N)cc1F. The van der Waals surface area contributed by atoms with Crippen LogP contribution < -0.4 is 16.4 Å². The van der Waals surface area contributed by atoms with E-state index in [1.807, 2.05) is 20.8 Å². The molecule has 116 valence electrons. The van der Waals surface area contributed by atoms with Crippen molar-refractivity contribution in [3.63, 3.8) is 0 Å². The summed E-state index contributed by atoms with van der Waals surface area (Å²) in [4.78, 5) is 22.5. The minimum Gasteiger partial charge on any atom is -0.478 e. The molecule has 0 bridgehead atoms. The first-order valence-corrected chi connectivity index (χ1v) is 6.47. The Balaban J connectivity index is 2.66. The van der Waals surface area contributed by atoms with Crippen LogP contribution >= 0.6 is 0 Å². The fourth-order valence-corrected chi connectivity index (χ4v) is 1.70. The molecule has 7 heteroatoms. The molecule has 0 unspecified atom stereocenters. The van der Waals surface area contributed by atoms with Crippen LogP contribution in [-0.2, 0) is 4.79 Å². The molecule has 1 aromatic rings. The molecule has 0 saturated carbocycles. The molecule has 0 spiro atoms. The lowest BCUT2D eigenvalue weighted by molar-refractivity contribution is -0.122. The molecule has 6 nitrogen and oxygen atoms in total. The van der Waals surface area contributed by atoms with E-state index < -0.39 is 11.8 Å². The van der Waals surface area contributed by atoms with Crippen molar-refractivity contribution in [3.8, 4) is 0 Å². The number of anilines is 2. The monoisotopic (exact) mass is 297 g/mol. The van der Waals surface area contributed by atoms with Gasteiger partial charge in [-0.05, 0) is 32.9 Å². The van der Waals surface area contributed by atoms with E-state index in [0.29, 0.717) is 0 Å². The number of benzene rings is 1. The van der Waals surface area contributed by atoms with Crippen LogP contribution in [0.2, 0.25) is 0 Å². The Morgan fingerprint density at radius 1 is 1.33 bits per heavy atom. The standard InChI is InChI=1S/C14H20FN3O3/c1-14(2,3)18-12(19)4-5-17-11-6-8(13(20)21)10(16)7-9(11)15/h6-7,17H,4-5,16H2,1-3H3,(H,18,19)(H,20,21). The average Bonchev–Trinajstić information content (AvgIpc) is 2.28. The zero-order valence-corrected chi connectivity index (χ0v) is 12.3. The summed E-state index contributed by atoms with van der Waals surface area (Å²) in [6, 6.07) is 2.07. The number of hydrogen-bond donors (Lipinski definition) is 4. The second-order valence-electron chi connectivity index (χ2n) is 5.70. The number of hydrogen-bond acceptors (Lipinski definition) is 4. The molecule has 0 fully saturated rings. The zero-order valence-electron chi connectivity index (χ0n) is 12.3. The van der Waals surface area contributed by atoms with Crippen LogP contribution in [0, 0.1) is 5.82 Å². The molecule has 0 aromatic heterocycles. The van der Waals surface area contributed by atoms with Gasteiger partial charge in [0.1, 0.15) is 5.82 Å². The molecular formula is C14H20FN3O3. The molecule has 0 aliphatic carbocycles. The van der Waals surface area contributed by atoms with Crippen LogP contribution in [0.4, 0.5) is 15.8 Å². The molecule has 1 aromatic carbocycles. The van der Waals surface area contributed by atoms with E-state index >= 15 is 0 Å². The summed E-state index contributed by atoms with van der Waals surface area (Å²) in [5.74, 6) is -2.07. The molecule has 0 saturated heterocycles. The summed E-state index contributed by atoms with van der Waals surface area (Å²) in [6.45, 7) is 5.76. The highest BCUT2D eigenvalue weighted by Crippen LogP contribution is 2.22. The first kappa shape index (κ1) is 16.7. The number of nitrogen functional groups attached to an aromatic ring is 1. The lowest BCUT2D eigenvalue weighted by atomic mass is 10.1. The number of carbonyl (C=O) groups is 2. The minimum absolute atomic E-state index is 0.00478. The Bertz CT molecular complexity index is 553. The Hall–Kier alpha value is -2.31. The molecule has 0 radical (unpaired) electrons. The molecule has 0 aliphatic heterocycles. The second kappa shape index (κ2) is 6.43. The highest BCUT2D eigenvalue weighted by atomic mass is 19.1. The minimum atomic E-state index is -1.24. The lowest BCUT2D eigenvalue weighted by Crippen LogP contribution is -2.41. The second-order valence-corrected chi connectivity index (χ2v) is 5.70. The number of carboxylic acid groups (broad SMARTS) is 1. The molecule has 0 atom stereocenters. The van der Waals surface area contributed by atoms with Crippen LogP contribution in [0.1, 0.15) is 37.6 Å². The summed E-state index contributed by atoms with van der Waals surface area (Å²) in [6.07, 6.45) is 0.142. The maximum Gasteiger partial charge on any atom is 0.337 e. The van der Waals surface area contributed by atoms with E-state index in [4.69, 9.17) is 10.8 Å². The molecule has 0 heterocycles. The highest BCUT2D eigenvalue weighted by molar-refractivity contribution is 5.94. The van der Waals surface area contributed by atoms with Gasteiger partial charge in [-0.3, -0.25) is 4.79 Å². The van der Waals surface area contributed by atoms with Crippen LogP contribution in [0.3, 0.4) is 0 Å². The van der Waals surface area contributed by atoms with Crippen LogP contribution in [0.5, 0.6) is 0 Å². The maximum atomic E-state index is 13.7. The summed E-state index contributed by atoms with van der Waals surface area (Å²) in [5.41, 5.74) is 4.77. The van der Waals surface area contributed by atoms with Crippen molar-refractivity contribution in [3.05, 3.63) is 23.5 Å². The van der Waals surface area contributed by atoms with Gasteiger partial charge in [-0.1, -0.05) is 0 Å². The number of halogens is 1. The van der Waals surface area contributed by atoms with E-state index in [1.165, 1.54) is 0 Å². The summed E-state index contributed by atoms with van der Waals surface area (Å²) >= 11 is 0. The predicted molar refractivity (Wildman–Crippen MR) is 78.8 cm³/mol. The lowest BCUT2D eigenvalue weighted by Gasteiger charge is -2.20. The van der Waals surface area contributed by atoms with Gasteiger partial charge in [-0.25, -0.2) is 9.18 Å². The van der Waals surface area contributed by atoms with Crippen molar-refractivity contribution in [2.75, 3.05) is 17.6 Å². The number of nitrogens with one attached hydrogen (secondary N) is 2. The number of nitrogens with two attached hydrogens (primary N) is 1. The normalized spacial score (nSPS) is 11.0. The van der Waals surface area contributed by atoms with Crippen molar-refractivity contribution in [2.24, 2.45) is 0 Å². The zero-order chi connectivity index (χ0) is 16.2. The number of aromatic carboxylic acids is 1. The number of carboxylic acids is 1. The molecule has 21 heavy (non-hydrogen) atoms. The molecule has 1 amide bonds. The van der Waals surface area contributed by atoms with Crippen molar-refractivity contribution < 1.29 is 19.1 Å². The molecule has 0 aliphatic rings. The van der Waals surface area contributed by atoms with E-state index in [2.05, 4.69) is 10.6 Å². The van der Waals surface area contributed by atoms with Gasteiger partial charge < -0.3 is 21.5 Å². The van der Waals surface area contributed by atoms with Crippen molar-refractivity contribution in [1.82, 2.24) is 5.32 Å². The first-order valence-electron chi connectivity index (χ1n) is 6.47. The average molecular weight is 297 g/mol. The van der Waals surface area contributed by atoms with E-state index in [1.54, 1.807) is 0 Å². The van der Waals surface area contributed by atoms with E-state index in [9.17, 15) is 14.0 Å². The van der Waals surface area contributed by atoms with Crippen molar-refractivity contribution >= 4 is 23.3 Å². The van der Waals surface area contributed by atoms with Gasteiger partial charge in [-0.15, -0.1) is 0 Å². The van der Waals surface area contributed by atoms with Gasteiger partial charge >= 0.3 is 5.97 Å². The van der Waals surface area contributed by atoms with Crippen LogP contribution in [0.15, 0.2) is 12.1 Å². The topological polar surface area (TPSA) is 104 Å². The third-order valence-electron chi connectivity index (χ3n) is 2.55. The Labute approximate surface area is 122 Å². The van der Waals surface area contributed by atoms with Gasteiger partial charge in [0.2, 0.25) is 5.91 Å². The predicted octanol–water partition coefficient (Wildman–Crippen LogP) is 1.82. The fourth-order valence-electron chi connectivity index (χ4n) is 1.70. The highest BCUT2D eigenvalue weighted by Gasteiger charge is 2.15. The van der Waals surface area contributed by atoms with Gasteiger partial charge in [0.15, 0.2) is 0 Å². The summed E-state index contributed by atoms with van der Waals surface area (Å²) in [5, 5.41) is 14.4. The van der Waals surface area contributed by atoms with E-state index in [-0.39, 0.29) is 41.3 Å². The van der Waals surface area contributed by atoms with Crippen molar-refractivity contribution in [2.45, 2.75) is 32.7 Å². The van der Waals surface area contributed by atoms with E-state index in [0.717, 1.165) is 12.1 Å². The first-order chi connectivity index (χ1) is 9.60. The van der Waals surface area contributed by atoms with Gasteiger partial charge in [-0.2, -0.15) is 0 Å². The van der Waals surface area contributed by atoms with Gasteiger partial charge in [0.25, 0.3) is 0 Å². The van der Waals surface area contributed by atoms with Crippen LogP contribution in [-0.4, -0.2) is 29.1 Å². The van der Waals surface area contributed by atoms with Gasteiger partial charge in [0.05, 0.1) is 11.3 Å². The fraction of sp³-hybridized carbons (Fsp3) is 0.429. The number of carbonyl (C=O) groups excluding carboxylic acids is 1. The quantitative estimate of drug-likeness (QED) is 0.621. The smallest absolute Gasteiger partial charge is 0.337 e. The summed E-state index contributed by atoms with van der Waals surface area (Å²) in [7, 11) is 0. The Morgan fingerprint density at radius 2 is 1.95 bits per heavy atom. The summed E-state index contributed by atoms with van der Waals surface area (Å²) < 4.78 is 13.7. The number of amides is 1. The largest absolute Gasteiger partial charge is 0.478 e. The van der Waals surface area contributed by atoms with Crippen molar-refractivity contribution in [1.29, 1.82) is 0 Å².